The van der Waals surface area contributed by atoms with E-state index in [-0.39, 0.29) is 11.2 Å². The zero-order valence-electron chi connectivity index (χ0n) is 8.97. The van der Waals surface area contributed by atoms with Crippen molar-refractivity contribution in [1.29, 1.82) is 0 Å². The average Bonchev–Trinajstić information content (AvgIpc) is 2.43. The Kier molecular flexibility index (Phi) is 3.19. The zero-order valence-corrected chi connectivity index (χ0v) is 9.79. The van der Waals surface area contributed by atoms with E-state index in [0.29, 0.717) is 17.2 Å². The number of hydrogen-bond donors (Lipinski definition) is 1. The van der Waals surface area contributed by atoms with Crippen LogP contribution < -0.4 is 5.73 Å². The Bertz CT molecular complexity index is 432. The molecule has 16 heavy (non-hydrogen) atoms. The molecule has 0 aromatic heterocycles. The highest BCUT2D eigenvalue weighted by Gasteiger charge is 2.32. The molecule has 84 valence electrons. The van der Waals surface area contributed by atoms with Crippen molar-refractivity contribution >= 4 is 17.7 Å². The maximum Gasteiger partial charge on any atom is 0.341 e. The fourth-order valence-electron chi connectivity index (χ4n) is 1.67. The van der Waals surface area contributed by atoms with Crippen molar-refractivity contribution in [2.24, 2.45) is 5.73 Å². The first-order valence-electron chi connectivity index (χ1n) is 5.13. The van der Waals surface area contributed by atoms with Gasteiger partial charge in [-0.25, -0.2) is 4.79 Å². The predicted molar refractivity (Wildman–Crippen MR) is 65.6 cm³/mol. The van der Waals surface area contributed by atoms with Gasteiger partial charge < -0.3 is 10.5 Å². The number of carbonyl (C=O) groups is 1. The van der Waals surface area contributed by atoms with Crippen molar-refractivity contribution < 1.29 is 9.53 Å². The topological polar surface area (TPSA) is 52.3 Å². The Labute approximate surface area is 98.7 Å². The van der Waals surface area contributed by atoms with E-state index in [9.17, 15) is 4.79 Å². The van der Waals surface area contributed by atoms with Gasteiger partial charge in [0, 0.05) is 0 Å². The minimum absolute atomic E-state index is 0.134. The van der Waals surface area contributed by atoms with Gasteiger partial charge in [-0.15, -0.1) is 0 Å². The van der Waals surface area contributed by atoms with Crippen molar-refractivity contribution in [2.45, 2.75) is 12.2 Å². The fourth-order valence-corrected chi connectivity index (χ4v) is 2.76. The van der Waals surface area contributed by atoms with E-state index >= 15 is 0 Å². The lowest BCUT2D eigenvalue weighted by atomic mass is 10.0. The van der Waals surface area contributed by atoms with Gasteiger partial charge in [0.1, 0.15) is 0 Å². The van der Waals surface area contributed by atoms with Crippen molar-refractivity contribution in [3.8, 4) is 0 Å². The normalized spacial score (nSPS) is 22.8. The van der Waals surface area contributed by atoms with Crippen LogP contribution in [0.5, 0.6) is 0 Å². The second-order valence-corrected chi connectivity index (χ2v) is 4.57. The Morgan fingerprint density at radius 2 is 2.31 bits per heavy atom. The molecule has 2 aliphatic rings. The highest BCUT2D eigenvalue weighted by Crippen LogP contribution is 2.41. The lowest BCUT2D eigenvalue weighted by Gasteiger charge is -2.07. The number of esters is 1. The van der Waals surface area contributed by atoms with Gasteiger partial charge in [0.2, 0.25) is 0 Å². The summed E-state index contributed by atoms with van der Waals surface area (Å²) in [5, 5.41) is 0.684. The molecule has 4 heteroatoms. The summed E-state index contributed by atoms with van der Waals surface area (Å²) >= 11 is 1.49. The molecule has 0 saturated heterocycles. The first kappa shape index (κ1) is 11.1. The first-order valence-corrected chi connectivity index (χ1v) is 6.01. The molecule has 0 aromatic carbocycles. The molecule has 2 N–H and O–H groups in total. The number of rotatable bonds is 2. The molecule has 0 saturated carbocycles. The van der Waals surface area contributed by atoms with Crippen LogP contribution in [0, 0.1) is 0 Å². The Hall–Kier alpha value is -1.42. The third-order valence-corrected chi connectivity index (χ3v) is 3.48. The number of ether oxygens (including phenoxy) is 1. The summed E-state index contributed by atoms with van der Waals surface area (Å²) in [7, 11) is 0. The van der Waals surface area contributed by atoms with Gasteiger partial charge in [-0.2, -0.15) is 0 Å². The number of hydrogen-bond acceptors (Lipinski definition) is 4. The molecule has 1 heterocycles. The molecular weight excluding hydrogens is 222 g/mol. The standard InChI is InChI=1S/C12H13NO2S/c1-2-15-12(14)10-8-6-4-3-5-7-9(8)16-11(10)13/h3-7,9H,2,13H2,1H3. The van der Waals surface area contributed by atoms with E-state index < -0.39 is 0 Å². The van der Waals surface area contributed by atoms with Crippen LogP contribution in [0.25, 0.3) is 0 Å². The summed E-state index contributed by atoms with van der Waals surface area (Å²) in [5.74, 6) is -0.329. The number of nitrogens with two attached hydrogens (primary N) is 1. The van der Waals surface area contributed by atoms with E-state index in [2.05, 4.69) is 0 Å². The molecule has 1 unspecified atom stereocenters. The van der Waals surface area contributed by atoms with Crippen molar-refractivity contribution in [3.05, 3.63) is 46.6 Å². The molecule has 2 rings (SSSR count). The maximum absolute atomic E-state index is 11.8. The smallest absolute Gasteiger partial charge is 0.341 e. The quantitative estimate of drug-likeness (QED) is 0.743. The van der Waals surface area contributed by atoms with Gasteiger partial charge in [0.15, 0.2) is 0 Å². The zero-order chi connectivity index (χ0) is 11.5. The minimum Gasteiger partial charge on any atom is -0.462 e. The summed E-state index contributed by atoms with van der Waals surface area (Å²) in [6.45, 7) is 2.15. The Balaban J connectivity index is 2.33. The van der Waals surface area contributed by atoms with Crippen LogP contribution in [0.15, 0.2) is 46.6 Å². The summed E-state index contributed by atoms with van der Waals surface area (Å²) in [6, 6.07) is 0. The number of carbonyl (C=O) groups excluding carboxylic acids is 1. The first-order chi connectivity index (χ1) is 7.74. The molecule has 1 aliphatic carbocycles. The summed E-state index contributed by atoms with van der Waals surface area (Å²) in [6.07, 6.45) is 9.75. The molecule has 3 nitrogen and oxygen atoms in total. The van der Waals surface area contributed by atoms with Gasteiger partial charge in [0.25, 0.3) is 0 Å². The molecule has 0 fully saturated rings. The minimum atomic E-state index is -0.329. The molecular formula is C12H13NO2S. The van der Waals surface area contributed by atoms with E-state index in [0.717, 1.165) is 5.57 Å². The Morgan fingerprint density at radius 1 is 1.50 bits per heavy atom. The van der Waals surface area contributed by atoms with E-state index in [1.807, 2.05) is 30.4 Å². The van der Waals surface area contributed by atoms with Gasteiger partial charge in [0.05, 0.1) is 22.5 Å². The number of thioether (sulfide) groups is 1. The molecule has 1 atom stereocenters. The Morgan fingerprint density at radius 3 is 3.06 bits per heavy atom. The number of fused-ring (bicyclic) bond motifs is 1. The molecule has 0 spiro atoms. The van der Waals surface area contributed by atoms with Gasteiger partial charge in [-0.1, -0.05) is 42.1 Å². The van der Waals surface area contributed by atoms with Crippen LogP contribution in [-0.4, -0.2) is 17.8 Å². The molecule has 0 amide bonds. The van der Waals surface area contributed by atoms with Crippen LogP contribution in [0.2, 0.25) is 0 Å². The van der Waals surface area contributed by atoms with Crippen molar-refractivity contribution in [1.82, 2.24) is 0 Å². The fraction of sp³-hybridized carbons (Fsp3) is 0.250. The SMILES string of the molecule is CCOC(=O)C1=C(N)SC2C=CC=CC=C12. The second kappa shape index (κ2) is 4.61. The van der Waals surface area contributed by atoms with Gasteiger partial charge in [-0.3, -0.25) is 0 Å². The van der Waals surface area contributed by atoms with Gasteiger partial charge in [-0.05, 0) is 12.5 Å². The third kappa shape index (κ3) is 1.93. The molecule has 0 radical (unpaired) electrons. The molecule has 0 aromatic rings. The van der Waals surface area contributed by atoms with Crippen molar-refractivity contribution in [2.75, 3.05) is 6.61 Å². The molecule has 1 aliphatic heterocycles. The molecule has 0 bridgehead atoms. The van der Waals surface area contributed by atoms with E-state index in [4.69, 9.17) is 10.5 Å². The highest BCUT2D eigenvalue weighted by molar-refractivity contribution is 8.04. The van der Waals surface area contributed by atoms with Crippen LogP contribution >= 0.6 is 11.8 Å². The lowest BCUT2D eigenvalue weighted by Crippen LogP contribution is -2.12. The van der Waals surface area contributed by atoms with Gasteiger partial charge >= 0.3 is 5.97 Å². The lowest BCUT2D eigenvalue weighted by molar-refractivity contribution is -0.138. The summed E-state index contributed by atoms with van der Waals surface area (Å²) in [5.41, 5.74) is 7.32. The largest absolute Gasteiger partial charge is 0.462 e. The van der Waals surface area contributed by atoms with Crippen LogP contribution in [0.1, 0.15) is 6.92 Å². The maximum atomic E-state index is 11.8. The third-order valence-electron chi connectivity index (χ3n) is 2.36. The van der Waals surface area contributed by atoms with Crippen LogP contribution in [0.4, 0.5) is 0 Å². The van der Waals surface area contributed by atoms with E-state index in [1.54, 1.807) is 6.92 Å². The summed E-state index contributed by atoms with van der Waals surface area (Å²) < 4.78 is 5.01. The van der Waals surface area contributed by atoms with Crippen LogP contribution in [-0.2, 0) is 9.53 Å². The van der Waals surface area contributed by atoms with E-state index in [1.165, 1.54) is 11.8 Å². The average molecular weight is 235 g/mol. The van der Waals surface area contributed by atoms with Crippen LogP contribution in [0.3, 0.4) is 0 Å². The monoisotopic (exact) mass is 235 g/mol. The highest BCUT2D eigenvalue weighted by atomic mass is 32.2. The summed E-state index contributed by atoms with van der Waals surface area (Å²) in [4.78, 5) is 11.8. The second-order valence-electron chi connectivity index (χ2n) is 3.39. The predicted octanol–water partition coefficient (Wildman–Crippen LogP) is 1.89. The number of allylic oxidation sites excluding steroid dienone is 4. The van der Waals surface area contributed by atoms with Crippen molar-refractivity contribution in [3.63, 3.8) is 0 Å².